The minimum absolute atomic E-state index is 0.0195. The zero-order valence-electron chi connectivity index (χ0n) is 43.2. The molecule has 0 aromatic heterocycles. The number of rotatable bonds is 31. The average Bonchev–Trinajstić information content (AvgIpc) is 3.35. The van der Waals surface area contributed by atoms with Gasteiger partial charge in [0.25, 0.3) is 0 Å². The van der Waals surface area contributed by atoms with Crippen molar-refractivity contribution in [3.8, 4) is 5.75 Å². The summed E-state index contributed by atoms with van der Waals surface area (Å²) in [5.74, 6) is -10.3. The number of carboxylic acid groups (broad SMARTS) is 2. The van der Waals surface area contributed by atoms with Gasteiger partial charge in [0.15, 0.2) is 11.9 Å². The Kier molecular flexibility index (Phi) is 29.8. The van der Waals surface area contributed by atoms with E-state index in [1.807, 2.05) is 0 Å². The number of nitrogens with zero attached hydrogens (tertiary/aromatic N) is 2. The zero-order valence-corrected chi connectivity index (χ0v) is 43.2. The van der Waals surface area contributed by atoms with Gasteiger partial charge in [-0.2, -0.15) is 13.2 Å². The van der Waals surface area contributed by atoms with Crippen LogP contribution in [0.15, 0.2) is 64.6 Å². The molecule has 0 saturated carbocycles. The second-order valence-corrected chi connectivity index (χ2v) is 18.0. The molecular formula is C48H73F3N14O12. The predicted molar refractivity (Wildman–Crippen MR) is 276 cm³/mol. The Hall–Kier alpha value is -8.24. The third-order valence-corrected chi connectivity index (χ3v) is 11.0. The van der Waals surface area contributed by atoms with Gasteiger partial charge < -0.3 is 81.2 Å². The SMILES string of the molecule is CC[C@H](C)[C@H](NC(=O)[C@H](CCCN=C(N)N)NC(=O)[C@H](CCCN=C(N)N)NC(=O)[C@H](CC(C)C)NC(=O)[C@H](Cc1ccccc1)NC(=O)CNC(=O)CNC(=O)[C@@H](N)Cc1ccc(O)cc1)C(=O)O.O=C(O)C(F)(F)F. The molecular weight excluding hydrogens is 1020 g/mol. The second-order valence-electron chi connectivity index (χ2n) is 18.0. The number of benzene rings is 2. The van der Waals surface area contributed by atoms with E-state index in [4.69, 9.17) is 38.6 Å². The smallest absolute Gasteiger partial charge is 0.490 e. The monoisotopic (exact) mass is 1090 g/mol. The fourth-order valence-electron chi connectivity index (χ4n) is 6.82. The number of halogens is 3. The Balaban J connectivity index is 0.00000394. The molecule has 0 radical (unpaired) electrons. The molecule has 7 amide bonds. The molecule has 428 valence electrons. The van der Waals surface area contributed by atoms with Gasteiger partial charge in [-0.1, -0.05) is 76.6 Å². The first-order chi connectivity index (χ1) is 36.0. The molecule has 0 bridgehead atoms. The summed E-state index contributed by atoms with van der Waals surface area (Å²) in [7, 11) is 0. The molecule has 0 fully saturated rings. The minimum atomic E-state index is -5.08. The fraction of sp³-hybridized carbons (Fsp3) is 0.521. The van der Waals surface area contributed by atoms with Crippen LogP contribution < -0.4 is 65.9 Å². The van der Waals surface area contributed by atoms with E-state index in [0.29, 0.717) is 17.5 Å². The molecule has 0 spiro atoms. The summed E-state index contributed by atoms with van der Waals surface area (Å²) < 4.78 is 31.7. The van der Waals surface area contributed by atoms with E-state index in [-0.39, 0.29) is 81.6 Å². The number of carboxylic acids is 2. The number of aliphatic imine (C=N–C) groups is 2. The highest BCUT2D eigenvalue weighted by Crippen LogP contribution is 2.15. The number of carbonyl (C=O) groups excluding carboxylic acids is 7. The molecule has 0 aliphatic carbocycles. The van der Waals surface area contributed by atoms with E-state index in [1.165, 1.54) is 12.1 Å². The zero-order chi connectivity index (χ0) is 58.4. The highest BCUT2D eigenvalue weighted by molar-refractivity contribution is 5.97. The number of carbonyl (C=O) groups is 9. The van der Waals surface area contributed by atoms with E-state index in [1.54, 1.807) is 70.2 Å². The van der Waals surface area contributed by atoms with Crippen molar-refractivity contribution >= 4 is 65.2 Å². The van der Waals surface area contributed by atoms with Crippen molar-refractivity contribution in [3.63, 3.8) is 0 Å². The van der Waals surface area contributed by atoms with Gasteiger partial charge in [-0.15, -0.1) is 0 Å². The van der Waals surface area contributed by atoms with Gasteiger partial charge in [0.05, 0.1) is 19.1 Å². The molecule has 0 heterocycles. The van der Waals surface area contributed by atoms with Crippen molar-refractivity contribution in [1.29, 1.82) is 0 Å². The van der Waals surface area contributed by atoms with E-state index < -0.39 is 115 Å². The third kappa shape index (κ3) is 28.3. The number of phenolic OH excluding ortho intramolecular Hbond substituents is 1. The summed E-state index contributed by atoms with van der Waals surface area (Å²) in [5, 5.41) is 44.4. The van der Waals surface area contributed by atoms with E-state index in [0.717, 1.165) is 0 Å². The summed E-state index contributed by atoms with van der Waals surface area (Å²) in [6.07, 6.45) is -4.15. The number of guanidine groups is 2. The maximum absolute atomic E-state index is 14.2. The van der Waals surface area contributed by atoms with Gasteiger partial charge >= 0.3 is 18.1 Å². The van der Waals surface area contributed by atoms with Crippen LogP contribution in [0.4, 0.5) is 13.2 Å². The Bertz CT molecular complexity index is 2320. The minimum Gasteiger partial charge on any atom is -0.508 e. The number of hydrogen-bond acceptors (Lipinski definition) is 13. The molecule has 26 nitrogen and oxygen atoms in total. The quantitative estimate of drug-likeness (QED) is 0.0222. The van der Waals surface area contributed by atoms with Gasteiger partial charge in [0, 0.05) is 19.5 Å². The maximum atomic E-state index is 14.2. The molecule has 0 aliphatic heterocycles. The Morgan fingerprint density at radius 2 is 1.05 bits per heavy atom. The van der Waals surface area contributed by atoms with Crippen LogP contribution in [-0.2, 0) is 56.0 Å². The lowest BCUT2D eigenvalue weighted by Gasteiger charge is -2.28. The van der Waals surface area contributed by atoms with Gasteiger partial charge in [0.1, 0.15) is 36.0 Å². The second kappa shape index (κ2) is 34.4. The van der Waals surface area contributed by atoms with Crippen LogP contribution in [0.1, 0.15) is 77.3 Å². The van der Waals surface area contributed by atoms with Gasteiger partial charge in [-0.3, -0.25) is 43.5 Å². The average molecular weight is 1100 g/mol. The van der Waals surface area contributed by atoms with Gasteiger partial charge in [-0.05, 0) is 73.6 Å². The summed E-state index contributed by atoms with van der Waals surface area (Å²) in [5.41, 5.74) is 29.2. The summed E-state index contributed by atoms with van der Waals surface area (Å²) in [4.78, 5) is 123. The first-order valence-corrected chi connectivity index (χ1v) is 24.3. The van der Waals surface area contributed by atoms with Crippen molar-refractivity contribution < 1.29 is 71.6 Å². The van der Waals surface area contributed by atoms with E-state index in [9.17, 15) is 61.7 Å². The molecule has 0 saturated heterocycles. The highest BCUT2D eigenvalue weighted by atomic mass is 19.4. The molecule has 2 aromatic rings. The number of amides is 7. The number of aliphatic carboxylic acids is 2. The Labute approximate surface area is 442 Å². The fourth-order valence-corrected chi connectivity index (χ4v) is 6.82. The normalized spacial score (nSPS) is 13.6. The predicted octanol–water partition coefficient (Wildman–Crippen LogP) is -1.92. The van der Waals surface area contributed by atoms with Crippen LogP contribution in [0.25, 0.3) is 0 Å². The molecule has 2 aromatic carbocycles. The van der Waals surface area contributed by atoms with Crippen LogP contribution in [0.5, 0.6) is 5.75 Å². The van der Waals surface area contributed by atoms with Crippen LogP contribution in [-0.4, -0.2) is 149 Å². The summed E-state index contributed by atoms with van der Waals surface area (Å²) >= 11 is 0. The molecule has 29 heteroatoms. The number of alkyl halides is 3. The first-order valence-electron chi connectivity index (χ1n) is 24.3. The molecule has 0 unspecified atom stereocenters. The standard InChI is InChI=1S/C46H72N14O10.C2HF3O2/c1-5-27(4)38(44(69)70)60-41(66)33(14-10-20-53-46(50)51)57-40(65)32(13-9-19-52-45(48)49)58-42(67)34(21-26(2)3)59-43(68)35(23-28-11-7-6-8-12-28)56-37(63)25-54-36(62)24-55-39(64)31(47)22-29-15-17-30(61)18-16-29;3-2(4,5)1(6)7/h6-8,11-12,15-18,26-27,31-35,38,61H,5,9-10,13-14,19-25,47H2,1-4H3,(H,54,62)(H,55,64)(H,56,63)(H,57,65)(H,58,67)(H,59,68)(H,60,66)(H,69,70)(H4,48,49,52)(H4,50,51,53);(H,6,7)/t27-,31-,32-,33-,34-,35-,38-;/m0./s1. The topological polar surface area (TPSA) is 453 Å². The number of aromatic hydroxyl groups is 1. The van der Waals surface area contributed by atoms with E-state index in [2.05, 4.69) is 47.2 Å². The molecule has 2 rings (SSSR count). The van der Waals surface area contributed by atoms with Crippen LogP contribution in [0.3, 0.4) is 0 Å². The lowest BCUT2D eigenvalue weighted by molar-refractivity contribution is -0.192. The van der Waals surface area contributed by atoms with Crippen LogP contribution >= 0.6 is 0 Å². The Morgan fingerprint density at radius 1 is 0.597 bits per heavy atom. The van der Waals surface area contributed by atoms with E-state index >= 15 is 0 Å². The van der Waals surface area contributed by atoms with Crippen LogP contribution in [0, 0.1) is 11.8 Å². The van der Waals surface area contributed by atoms with Gasteiger partial charge in [-0.25, -0.2) is 9.59 Å². The third-order valence-electron chi connectivity index (χ3n) is 11.0. The van der Waals surface area contributed by atoms with Crippen molar-refractivity contribution in [3.05, 3.63) is 65.7 Å². The van der Waals surface area contributed by atoms with Crippen molar-refractivity contribution in [1.82, 2.24) is 37.2 Å². The summed E-state index contributed by atoms with van der Waals surface area (Å²) in [6.45, 7) is 6.11. The van der Waals surface area contributed by atoms with Crippen molar-refractivity contribution in [2.75, 3.05) is 26.2 Å². The number of phenols is 1. The van der Waals surface area contributed by atoms with Crippen molar-refractivity contribution in [2.24, 2.45) is 50.5 Å². The lowest BCUT2D eigenvalue weighted by atomic mass is 9.98. The lowest BCUT2D eigenvalue weighted by Crippen LogP contribution is -2.59. The van der Waals surface area contributed by atoms with Crippen molar-refractivity contribution in [2.45, 2.75) is 121 Å². The van der Waals surface area contributed by atoms with Gasteiger partial charge in [0.2, 0.25) is 41.4 Å². The Morgan fingerprint density at radius 3 is 1.52 bits per heavy atom. The molecule has 0 aliphatic rings. The highest BCUT2D eigenvalue weighted by Gasteiger charge is 2.38. The largest absolute Gasteiger partial charge is 0.508 e. The maximum Gasteiger partial charge on any atom is 0.490 e. The molecule has 20 N–H and O–H groups in total. The molecule has 77 heavy (non-hydrogen) atoms. The number of nitrogens with two attached hydrogens (primary N) is 5. The molecule has 7 atom stereocenters. The first kappa shape index (κ1) is 66.8. The number of nitrogens with one attached hydrogen (secondary N) is 7. The number of hydrogen-bond donors (Lipinski definition) is 15. The van der Waals surface area contributed by atoms with Crippen LogP contribution in [0.2, 0.25) is 0 Å². The summed E-state index contributed by atoms with van der Waals surface area (Å²) in [6, 6.07) is 7.40.